The zero-order valence-corrected chi connectivity index (χ0v) is 9.84. The minimum atomic E-state index is -0.253. The zero-order valence-electron chi connectivity index (χ0n) is 9.84. The average molecular weight is 225 g/mol. The molecule has 15 heavy (non-hydrogen) atoms. The summed E-state index contributed by atoms with van der Waals surface area (Å²) < 4.78 is 10.5. The molecule has 0 aromatic heterocycles. The summed E-state index contributed by atoms with van der Waals surface area (Å²) >= 11 is 0. The predicted molar refractivity (Wildman–Crippen MR) is 55.9 cm³/mol. The first kappa shape index (κ1) is 17.2. The zero-order chi connectivity index (χ0) is 12.3. The van der Waals surface area contributed by atoms with Crippen molar-refractivity contribution in [2.24, 2.45) is 5.90 Å². The summed E-state index contributed by atoms with van der Waals surface area (Å²) in [4.78, 5) is 4.58. The summed E-state index contributed by atoms with van der Waals surface area (Å²) in [6.07, 6.45) is 1.75. The molecule has 4 N–H and O–H groups in total. The van der Waals surface area contributed by atoms with Crippen LogP contribution in [0.1, 0.15) is 19.8 Å². The van der Waals surface area contributed by atoms with Gasteiger partial charge in [-0.3, -0.25) is 4.84 Å². The summed E-state index contributed by atoms with van der Waals surface area (Å²) in [5.74, 6) is 4.99. The molecule has 6 heteroatoms. The van der Waals surface area contributed by atoms with Crippen molar-refractivity contribution in [3.63, 3.8) is 0 Å². The van der Waals surface area contributed by atoms with E-state index in [1.54, 1.807) is 7.11 Å². The third-order valence-corrected chi connectivity index (χ3v) is 2.03. The Labute approximate surface area is 90.9 Å². The van der Waals surface area contributed by atoms with E-state index in [9.17, 15) is 0 Å². The van der Waals surface area contributed by atoms with E-state index >= 15 is 0 Å². The van der Waals surface area contributed by atoms with Crippen LogP contribution in [0, 0.1) is 0 Å². The molecule has 2 unspecified atom stereocenters. The van der Waals surface area contributed by atoms with Crippen molar-refractivity contribution in [2.75, 3.05) is 21.3 Å². The van der Waals surface area contributed by atoms with Crippen LogP contribution in [0.15, 0.2) is 0 Å². The van der Waals surface area contributed by atoms with Gasteiger partial charge in [-0.05, 0) is 13.3 Å². The first-order valence-electron chi connectivity index (χ1n) is 4.71. The molecule has 1 saturated heterocycles. The van der Waals surface area contributed by atoms with Gasteiger partial charge in [0.2, 0.25) is 0 Å². The van der Waals surface area contributed by atoms with Gasteiger partial charge in [0, 0.05) is 27.8 Å². The van der Waals surface area contributed by atoms with E-state index < -0.39 is 0 Å². The minimum Gasteiger partial charge on any atom is -0.400 e. The lowest BCUT2D eigenvalue weighted by Crippen LogP contribution is -2.40. The molecule has 1 heterocycles. The van der Waals surface area contributed by atoms with Crippen LogP contribution in [0.4, 0.5) is 0 Å². The third-order valence-electron chi connectivity index (χ3n) is 2.03. The highest BCUT2D eigenvalue weighted by molar-refractivity contribution is 4.72. The lowest BCUT2D eigenvalue weighted by atomic mass is 10.1. The van der Waals surface area contributed by atoms with E-state index in [1.165, 1.54) is 0 Å². The smallest absolute Gasteiger partial charge is 0.177 e. The van der Waals surface area contributed by atoms with Crippen LogP contribution in [0.2, 0.25) is 0 Å². The fourth-order valence-electron chi connectivity index (χ4n) is 1.34. The first-order chi connectivity index (χ1) is 7.27. The molecular weight excluding hydrogens is 202 g/mol. The summed E-state index contributed by atoms with van der Waals surface area (Å²) in [7, 11) is 3.69. The van der Waals surface area contributed by atoms with Crippen molar-refractivity contribution < 1.29 is 24.5 Å². The van der Waals surface area contributed by atoms with Gasteiger partial charge in [-0.1, -0.05) is 0 Å². The maximum atomic E-state index is 7.00. The number of hydrogen-bond acceptors (Lipinski definition) is 6. The van der Waals surface area contributed by atoms with Gasteiger partial charge in [-0.2, -0.15) is 0 Å². The normalized spacial score (nSPS) is 29.4. The Morgan fingerprint density at radius 3 is 2.07 bits per heavy atom. The Balaban J connectivity index is 0. The van der Waals surface area contributed by atoms with E-state index in [-0.39, 0.29) is 18.5 Å². The molecule has 0 bridgehead atoms. The molecule has 0 radical (unpaired) electrons. The molecule has 0 aliphatic carbocycles. The van der Waals surface area contributed by atoms with Gasteiger partial charge in [0.15, 0.2) is 6.29 Å². The Morgan fingerprint density at radius 1 is 1.20 bits per heavy atom. The number of ether oxygens (including phenoxy) is 2. The van der Waals surface area contributed by atoms with E-state index in [0.717, 1.165) is 27.1 Å². The third kappa shape index (κ3) is 6.77. The quantitative estimate of drug-likeness (QED) is 0.555. The van der Waals surface area contributed by atoms with Gasteiger partial charge in [0.1, 0.15) is 0 Å². The SMILES string of the molecule is CO.CO.COC1CCC(ON)O[C@H]1C. The Bertz CT molecular complexity index is 125. The van der Waals surface area contributed by atoms with Crippen LogP contribution < -0.4 is 5.90 Å². The van der Waals surface area contributed by atoms with Crippen molar-refractivity contribution in [1.82, 2.24) is 0 Å². The molecule has 0 amide bonds. The minimum absolute atomic E-state index is 0.0716. The van der Waals surface area contributed by atoms with Gasteiger partial charge < -0.3 is 19.7 Å². The van der Waals surface area contributed by atoms with E-state index in [2.05, 4.69) is 4.84 Å². The van der Waals surface area contributed by atoms with Crippen LogP contribution >= 0.6 is 0 Å². The van der Waals surface area contributed by atoms with Crippen LogP contribution in [0.3, 0.4) is 0 Å². The number of hydrogen-bond donors (Lipinski definition) is 3. The van der Waals surface area contributed by atoms with Gasteiger partial charge >= 0.3 is 0 Å². The van der Waals surface area contributed by atoms with Crippen molar-refractivity contribution in [3.05, 3.63) is 0 Å². The standard InChI is InChI=1S/C7H15NO3.2CH4O/c1-5-6(9-2)3-4-7(10-5)11-8;2*1-2/h5-7H,3-4,8H2,1-2H3;2*2H,1H3/t5-,6?,7?;;/m0../s1. The molecule has 1 fully saturated rings. The van der Waals surface area contributed by atoms with Gasteiger partial charge in [0.05, 0.1) is 12.2 Å². The van der Waals surface area contributed by atoms with Crippen LogP contribution in [-0.4, -0.2) is 50.0 Å². The maximum Gasteiger partial charge on any atom is 0.177 e. The van der Waals surface area contributed by atoms with Crippen LogP contribution in [-0.2, 0) is 14.3 Å². The number of rotatable bonds is 2. The second kappa shape index (κ2) is 11.8. The number of nitrogens with two attached hydrogens (primary N) is 1. The first-order valence-corrected chi connectivity index (χ1v) is 4.71. The summed E-state index contributed by atoms with van der Waals surface area (Å²) in [5, 5.41) is 14.0. The van der Waals surface area contributed by atoms with Crippen molar-refractivity contribution in [1.29, 1.82) is 0 Å². The molecule has 3 atom stereocenters. The van der Waals surface area contributed by atoms with Crippen molar-refractivity contribution in [2.45, 2.75) is 38.3 Å². The van der Waals surface area contributed by atoms with E-state index in [0.29, 0.717) is 0 Å². The molecule has 0 spiro atoms. The van der Waals surface area contributed by atoms with Crippen LogP contribution in [0.25, 0.3) is 0 Å². The highest BCUT2D eigenvalue weighted by Gasteiger charge is 2.27. The Kier molecular flexibility index (Phi) is 13.5. The fourth-order valence-corrected chi connectivity index (χ4v) is 1.34. The number of methoxy groups -OCH3 is 1. The van der Waals surface area contributed by atoms with Gasteiger partial charge in [-0.15, -0.1) is 0 Å². The molecule has 1 aliphatic rings. The topological polar surface area (TPSA) is 94.2 Å². The lowest BCUT2D eigenvalue weighted by Gasteiger charge is -2.32. The summed E-state index contributed by atoms with van der Waals surface area (Å²) in [6.45, 7) is 1.96. The van der Waals surface area contributed by atoms with Gasteiger partial charge in [0.25, 0.3) is 0 Å². The summed E-state index contributed by atoms with van der Waals surface area (Å²) in [5.41, 5.74) is 0. The highest BCUT2D eigenvalue weighted by Crippen LogP contribution is 2.20. The Hall–Kier alpha value is -0.240. The fraction of sp³-hybridized carbons (Fsp3) is 1.00. The second-order valence-corrected chi connectivity index (χ2v) is 2.76. The van der Waals surface area contributed by atoms with E-state index in [1.807, 2.05) is 6.92 Å². The molecule has 1 rings (SSSR count). The molecule has 0 aromatic carbocycles. The second-order valence-electron chi connectivity index (χ2n) is 2.76. The molecule has 1 aliphatic heterocycles. The number of aliphatic hydroxyl groups is 2. The Morgan fingerprint density at radius 2 is 1.73 bits per heavy atom. The van der Waals surface area contributed by atoms with Crippen molar-refractivity contribution >= 4 is 0 Å². The highest BCUT2D eigenvalue weighted by atomic mass is 16.8. The molecule has 6 nitrogen and oxygen atoms in total. The maximum absolute atomic E-state index is 7.00. The molecular formula is C9H23NO5. The lowest BCUT2D eigenvalue weighted by molar-refractivity contribution is -0.223. The largest absolute Gasteiger partial charge is 0.400 e. The molecule has 94 valence electrons. The number of aliphatic hydroxyl groups excluding tert-OH is 2. The predicted octanol–water partition coefficient (Wildman–Crippen LogP) is -0.366. The molecule has 0 saturated carbocycles. The van der Waals surface area contributed by atoms with Crippen molar-refractivity contribution in [3.8, 4) is 0 Å². The van der Waals surface area contributed by atoms with E-state index in [4.69, 9.17) is 25.6 Å². The summed E-state index contributed by atoms with van der Waals surface area (Å²) in [6, 6.07) is 0. The average Bonchev–Trinajstić information content (AvgIpc) is 2.34. The molecule has 0 aromatic rings. The van der Waals surface area contributed by atoms with Crippen LogP contribution in [0.5, 0.6) is 0 Å². The van der Waals surface area contributed by atoms with Gasteiger partial charge in [-0.25, -0.2) is 5.90 Å². The monoisotopic (exact) mass is 225 g/mol.